The molecule has 0 unspecified atom stereocenters. The summed E-state index contributed by atoms with van der Waals surface area (Å²) in [5.41, 5.74) is -1.02. The summed E-state index contributed by atoms with van der Waals surface area (Å²) in [5.74, 6) is -0.814. The van der Waals surface area contributed by atoms with Crippen LogP contribution in [0.3, 0.4) is 0 Å². The molecule has 0 bridgehead atoms. The number of carbonyl (C=O) groups is 1. The van der Waals surface area contributed by atoms with E-state index in [4.69, 9.17) is 0 Å². The lowest BCUT2D eigenvalue weighted by Gasteiger charge is -2.13. The van der Waals surface area contributed by atoms with Gasteiger partial charge in [0.05, 0.1) is 17.8 Å². The SMILES string of the molecule is Cc1ccc(-n2nc(C(=O)NCc3cccnc3)c(=O)n(Cc3ccc(C(F)(F)F)cc3)c2=O)cc1. The quantitative estimate of drug-likeness (QED) is 0.443. The molecule has 1 N–H and O–H groups in total. The molecule has 0 aliphatic carbocycles. The smallest absolute Gasteiger partial charge is 0.346 e. The minimum absolute atomic E-state index is 0.0658. The second-order valence-electron chi connectivity index (χ2n) is 8.01. The molecular formula is C25H20F3N5O3. The number of aryl methyl sites for hydroxylation is 1. The van der Waals surface area contributed by atoms with E-state index < -0.39 is 34.6 Å². The zero-order valence-corrected chi connectivity index (χ0v) is 19.0. The summed E-state index contributed by atoms with van der Waals surface area (Å²) in [7, 11) is 0. The van der Waals surface area contributed by atoms with Crippen molar-refractivity contribution < 1.29 is 18.0 Å². The Hall–Kier alpha value is -4.54. The fraction of sp³-hybridized carbons (Fsp3) is 0.160. The number of nitrogens with one attached hydrogen (secondary N) is 1. The minimum Gasteiger partial charge on any atom is -0.346 e. The number of rotatable bonds is 6. The summed E-state index contributed by atoms with van der Waals surface area (Å²) in [6.45, 7) is 1.56. The van der Waals surface area contributed by atoms with E-state index in [1.54, 1.807) is 48.8 Å². The van der Waals surface area contributed by atoms with Crippen molar-refractivity contribution in [3.8, 4) is 5.69 Å². The summed E-state index contributed by atoms with van der Waals surface area (Å²) in [6.07, 6.45) is -1.40. The van der Waals surface area contributed by atoms with E-state index in [1.165, 1.54) is 12.1 Å². The average Bonchev–Trinajstić information content (AvgIpc) is 2.86. The van der Waals surface area contributed by atoms with Gasteiger partial charge >= 0.3 is 11.9 Å². The van der Waals surface area contributed by atoms with Crippen molar-refractivity contribution in [1.82, 2.24) is 24.6 Å². The van der Waals surface area contributed by atoms with Crippen LogP contribution in [0.15, 0.2) is 82.6 Å². The van der Waals surface area contributed by atoms with Gasteiger partial charge in [-0.3, -0.25) is 19.1 Å². The van der Waals surface area contributed by atoms with Crippen molar-refractivity contribution in [2.24, 2.45) is 0 Å². The lowest BCUT2D eigenvalue weighted by Crippen LogP contribution is -2.46. The average molecular weight is 495 g/mol. The number of hydrogen-bond acceptors (Lipinski definition) is 5. The second kappa shape index (κ2) is 9.98. The molecule has 8 nitrogen and oxygen atoms in total. The first kappa shape index (κ1) is 24.6. The molecule has 0 radical (unpaired) electrons. The number of alkyl halides is 3. The highest BCUT2D eigenvalue weighted by atomic mass is 19.4. The van der Waals surface area contributed by atoms with Crippen LogP contribution in [0.2, 0.25) is 0 Å². The molecule has 0 saturated carbocycles. The third kappa shape index (κ3) is 5.40. The molecule has 0 fully saturated rings. The van der Waals surface area contributed by atoms with Crippen LogP contribution in [0, 0.1) is 6.92 Å². The molecule has 0 spiro atoms. The van der Waals surface area contributed by atoms with Gasteiger partial charge < -0.3 is 5.32 Å². The van der Waals surface area contributed by atoms with Crippen LogP contribution in [0.4, 0.5) is 13.2 Å². The Bertz CT molecular complexity index is 1490. The molecule has 4 aromatic rings. The van der Waals surface area contributed by atoms with Gasteiger partial charge in [-0.15, -0.1) is 0 Å². The lowest BCUT2D eigenvalue weighted by atomic mass is 10.1. The fourth-order valence-corrected chi connectivity index (χ4v) is 3.40. The number of halogens is 3. The van der Waals surface area contributed by atoms with Crippen molar-refractivity contribution in [1.29, 1.82) is 0 Å². The molecule has 2 heterocycles. The topological polar surface area (TPSA) is 98.9 Å². The highest BCUT2D eigenvalue weighted by molar-refractivity contribution is 5.91. The van der Waals surface area contributed by atoms with Crippen LogP contribution in [-0.2, 0) is 19.3 Å². The summed E-state index contributed by atoms with van der Waals surface area (Å²) < 4.78 is 40.4. The van der Waals surface area contributed by atoms with E-state index in [-0.39, 0.29) is 18.7 Å². The Morgan fingerprint density at radius 2 is 1.67 bits per heavy atom. The zero-order chi connectivity index (χ0) is 25.9. The Morgan fingerprint density at radius 3 is 2.28 bits per heavy atom. The molecule has 0 aliphatic heterocycles. The van der Waals surface area contributed by atoms with E-state index in [9.17, 15) is 27.6 Å². The highest BCUT2D eigenvalue weighted by Crippen LogP contribution is 2.29. The fourth-order valence-electron chi connectivity index (χ4n) is 3.40. The number of hydrogen-bond donors (Lipinski definition) is 1. The molecule has 0 saturated heterocycles. The van der Waals surface area contributed by atoms with Gasteiger partial charge in [-0.1, -0.05) is 35.9 Å². The van der Waals surface area contributed by atoms with E-state index >= 15 is 0 Å². The Kier molecular flexibility index (Phi) is 6.82. The largest absolute Gasteiger partial charge is 0.416 e. The standard InChI is InChI=1S/C25H20F3N5O3/c1-16-4-10-20(11-5-16)33-24(36)32(15-17-6-8-19(9-7-17)25(26,27)28)23(35)21(31-33)22(34)30-14-18-3-2-12-29-13-18/h2-13H,14-15H2,1H3,(H,30,34). The Labute approximate surface area is 202 Å². The summed E-state index contributed by atoms with van der Waals surface area (Å²) in [6, 6.07) is 14.2. The van der Waals surface area contributed by atoms with Crippen molar-refractivity contribution in [2.75, 3.05) is 0 Å². The van der Waals surface area contributed by atoms with Gasteiger partial charge in [0.15, 0.2) is 0 Å². The summed E-state index contributed by atoms with van der Waals surface area (Å²) in [5, 5.41) is 6.61. The van der Waals surface area contributed by atoms with Crippen LogP contribution in [0.5, 0.6) is 0 Å². The molecule has 184 valence electrons. The Morgan fingerprint density at radius 1 is 0.972 bits per heavy atom. The molecule has 2 aromatic heterocycles. The number of nitrogens with zero attached hydrogens (tertiary/aromatic N) is 4. The van der Waals surface area contributed by atoms with Crippen LogP contribution in [-0.4, -0.2) is 25.2 Å². The predicted molar refractivity (Wildman–Crippen MR) is 125 cm³/mol. The first-order valence-corrected chi connectivity index (χ1v) is 10.8. The molecule has 0 aliphatic rings. The molecule has 0 atom stereocenters. The van der Waals surface area contributed by atoms with Crippen molar-refractivity contribution in [3.05, 3.63) is 122 Å². The number of benzene rings is 2. The van der Waals surface area contributed by atoms with Crippen LogP contribution in [0.1, 0.15) is 32.7 Å². The number of carbonyl (C=O) groups excluding carboxylic acids is 1. The summed E-state index contributed by atoms with van der Waals surface area (Å²) in [4.78, 5) is 43.2. The lowest BCUT2D eigenvalue weighted by molar-refractivity contribution is -0.137. The highest BCUT2D eigenvalue weighted by Gasteiger charge is 2.30. The monoisotopic (exact) mass is 495 g/mol. The van der Waals surface area contributed by atoms with Crippen molar-refractivity contribution in [2.45, 2.75) is 26.2 Å². The molecule has 4 rings (SSSR count). The maximum absolute atomic E-state index is 13.2. The van der Waals surface area contributed by atoms with Gasteiger partial charge in [-0.2, -0.15) is 23.0 Å². The van der Waals surface area contributed by atoms with Gasteiger partial charge in [0.25, 0.3) is 11.5 Å². The molecule has 11 heteroatoms. The van der Waals surface area contributed by atoms with Gasteiger partial charge in [0.2, 0.25) is 5.69 Å². The van der Waals surface area contributed by atoms with E-state index in [1.807, 2.05) is 6.92 Å². The van der Waals surface area contributed by atoms with Gasteiger partial charge in [-0.25, -0.2) is 4.79 Å². The van der Waals surface area contributed by atoms with E-state index in [2.05, 4.69) is 15.4 Å². The van der Waals surface area contributed by atoms with Crippen molar-refractivity contribution in [3.63, 3.8) is 0 Å². The van der Waals surface area contributed by atoms with Crippen LogP contribution >= 0.6 is 0 Å². The molecule has 2 aromatic carbocycles. The zero-order valence-electron chi connectivity index (χ0n) is 19.0. The van der Waals surface area contributed by atoms with Crippen molar-refractivity contribution >= 4 is 5.91 Å². The molecule has 1 amide bonds. The molecular weight excluding hydrogens is 475 g/mol. The van der Waals surface area contributed by atoms with Crippen LogP contribution < -0.4 is 16.6 Å². The third-order valence-corrected chi connectivity index (χ3v) is 5.35. The first-order chi connectivity index (χ1) is 17.1. The summed E-state index contributed by atoms with van der Waals surface area (Å²) >= 11 is 0. The van der Waals surface area contributed by atoms with E-state index in [0.29, 0.717) is 11.3 Å². The maximum Gasteiger partial charge on any atom is 0.416 e. The Balaban J connectivity index is 1.75. The van der Waals surface area contributed by atoms with E-state index in [0.717, 1.165) is 26.9 Å². The minimum atomic E-state index is -4.52. The molecule has 36 heavy (non-hydrogen) atoms. The van der Waals surface area contributed by atoms with Crippen LogP contribution in [0.25, 0.3) is 5.69 Å². The van der Waals surface area contributed by atoms with Gasteiger partial charge in [0.1, 0.15) is 0 Å². The second-order valence-corrected chi connectivity index (χ2v) is 8.01. The number of pyridine rings is 1. The van der Waals surface area contributed by atoms with Gasteiger partial charge in [-0.05, 0) is 48.4 Å². The third-order valence-electron chi connectivity index (χ3n) is 5.35. The maximum atomic E-state index is 13.2. The number of aromatic nitrogens is 4. The van der Waals surface area contributed by atoms with Gasteiger partial charge in [0, 0.05) is 18.9 Å². The first-order valence-electron chi connectivity index (χ1n) is 10.8. The number of amides is 1. The predicted octanol–water partition coefficient (Wildman–Crippen LogP) is 3.09. The normalized spacial score (nSPS) is 11.3.